The van der Waals surface area contributed by atoms with Crippen LogP contribution in [0.5, 0.6) is 0 Å². The van der Waals surface area contributed by atoms with Gasteiger partial charge in [-0.15, -0.1) is 0 Å². The van der Waals surface area contributed by atoms with Crippen LogP contribution in [0.4, 0.5) is 0 Å². The van der Waals surface area contributed by atoms with Crippen molar-refractivity contribution in [2.75, 3.05) is 7.11 Å². The van der Waals surface area contributed by atoms with Gasteiger partial charge in [-0.05, 0) is 58.7 Å². The molecule has 130 valence electrons. The maximum absolute atomic E-state index is 11.7. The Morgan fingerprint density at radius 1 is 0.731 bits per heavy atom. The van der Waals surface area contributed by atoms with Crippen LogP contribution in [0.1, 0.15) is 22.3 Å². The highest BCUT2D eigenvalue weighted by Gasteiger charge is 2.35. The first kappa shape index (κ1) is 16.8. The summed E-state index contributed by atoms with van der Waals surface area (Å²) in [7, 11) is 1.56. The fraction of sp³-hybridized carbons (Fsp3) is 0.167. The third kappa shape index (κ3) is 2.50. The summed E-state index contributed by atoms with van der Waals surface area (Å²) < 4.78 is 5.76. The van der Waals surface area contributed by atoms with E-state index < -0.39 is 5.79 Å². The second-order valence-corrected chi connectivity index (χ2v) is 6.84. The van der Waals surface area contributed by atoms with E-state index in [1.54, 1.807) is 7.11 Å². The van der Waals surface area contributed by atoms with E-state index in [-0.39, 0.29) is 0 Å². The van der Waals surface area contributed by atoms with Gasteiger partial charge in [0.1, 0.15) is 0 Å². The minimum absolute atomic E-state index is 0.746. The van der Waals surface area contributed by atoms with E-state index >= 15 is 0 Å². The maximum atomic E-state index is 11.7. The number of benzene rings is 4. The van der Waals surface area contributed by atoms with Gasteiger partial charge in [-0.25, -0.2) is 0 Å². The lowest BCUT2D eigenvalue weighted by Crippen LogP contribution is -2.31. The fourth-order valence-corrected chi connectivity index (χ4v) is 3.89. The van der Waals surface area contributed by atoms with Crippen molar-refractivity contribution in [3.63, 3.8) is 0 Å². The molecular formula is C24H22O2. The summed E-state index contributed by atoms with van der Waals surface area (Å²) in [5, 5.41) is 16.1. The van der Waals surface area contributed by atoms with Crippen LogP contribution >= 0.6 is 0 Å². The van der Waals surface area contributed by atoms with E-state index in [0.717, 1.165) is 38.4 Å². The molecule has 0 aliphatic carbocycles. The summed E-state index contributed by atoms with van der Waals surface area (Å²) in [6.07, 6.45) is 0. The maximum Gasteiger partial charge on any atom is 0.220 e. The second kappa shape index (κ2) is 6.24. The van der Waals surface area contributed by atoms with Gasteiger partial charge in [0, 0.05) is 18.2 Å². The number of aryl methyl sites for hydroxylation is 2. The molecule has 4 aromatic rings. The Morgan fingerprint density at radius 3 is 2.12 bits per heavy atom. The number of rotatable bonds is 3. The van der Waals surface area contributed by atoms with E-state index in [1.807, 2.05) is 55.5 Å². The summed E-state index contributed by atoms with van der Waals surface area (Å²) in [6.45, 7) is 4.08. The minimum Gasteiger partial charge on any atom is -0.358 e. The molecule has 0 radical (unpaired) electrons. The average molecular weight is 342 g/mol. The van der Waals surface area contributed by atoms with Gasteiger partial charge in [-0.1, -0.05) is 60.7 Å². The molecule has 0 amide bonds. The van der Waals surface area contributed by atoms with E-state index in [4.69, 9.17) is 4.74 Å². The normalized spacial score (nSPS) is 13.8. The summed E-state index contributed by atoms with van der Waals surface area (Å²) in [6, 6.07) is 24.5. The molecule has 0 aromatic heterocycles. The molecule has 0 fully saturated rings. The van der Waals surface area contributed by atoms with Gasteiger partial charge in [-0.2, -0.15) is 0 Å². The number of hydrogen-bond acceptors (Lipinski definition) is 2. The highest BCUT2D eigenvalue weighted by Crippen LogP contribution is 2.39. The smallest absolute Gasteiger partial charge is 0.220 e. The standard InChI is InChI=1S/C24H22O2/c1-16-12-13-18-8-4-7-11-22(18)23(16)24(25,26-3)20-14-17(2)21-10-6-5-9-19(21)15-20/h4-15,25H,1-3H3. The van der Waals surface area contributed by atoms with Crippen LogP contribution in [-0.2, 0) is 10.5 Å². The molecular weight excluding hydrogens is 320 g/mol. The Balaban J connectivity index is 2.04. The molecule has 2 heteroatoms. The second-order valence-electron chi connectivity index (χ2n) is 6.84. The topological polar surface area (TPSA) is 29.5 Å². The van der Waals surface area contributed by atoms with Crippen LogP contribution in [0.15, 0.2) is 72.8 Å². The van der Waals surface area contributed by atoms with Gasteiger partial charge in [0.15, 0.2) is 0 Å². The molecule has 0 bridgehead atoms. The van der Waals surface area contributed by atoms with Crippen molar-refractivity contribution in [3.05, 3.63) is 95.1 Å². The molecule has 1 atom stereocenters. The summed E-state index contributed by atoms with van der Waals surface area (Å²) >= 11 is 0. The van der Waals surface area contributed by atoms with E-state index in [2.05, 4.69) is 31.2 Å². The van der Waals surface area contributed by atoms with Gasteiger partial charge in [0.05, 0.1) is 0 Å². The lowest BCUT2D eigenvalue weighted by Gasteiger charge is -2.31. The van der Waals surface area contributed by atoms with Crippen molar-refractivity contribution < 1.29 is 9.84 Å². The van der Waals surface area contributed by atoms with Crippen molar-refractivity contribution in [3.8, 4) is 0 Å². The van der Waals surface area contributed by atoms with Crippen LogP contribution in [0.3, 0.4) is 0 Å². The first-order valence-corrected chi connectivity index (χ1v) is 8.81. The number of fused-ring (bicyclic) bond motifs is 2. The summed E-state index contributed by atoms with van der Waals surface area (Å²) in [5.74, 6) is -1.51. The Labute approximate surface area is 153 Å². The van der Waals surface area contributed by atoms with E-state index in [0.29, 0.717) is 0 Å². The van der Waals surface area contributed by atoms with Crippen LogP contribution in [0.25, 0.3) is 21.5 Å². The number of aliphatic hydroxyl groups is 1. The Bertz CT molecular complexity index is 1110. The summed E-state index contributed by atoms with van der Waals surface area (Å²) in [5.41, 5.74) is 3.66. The molecule has 26 heavy (non-hydrogen) atoms. The van der Waals surface area contributed by atoms with Crippen molar-refractivity contribution >= 4 is 21.5 Å². The third-order valence-electron chi connectivity index (χ3n) is 5.23. The van der Waals surface area contributed by atoms with Crippen LogP contribution in [0.2, 0.25) is 0 Å². The van der Waals surface area contributed by atoms with Gasteiger partial charge < -0.3 is 9.84 Å². The van der Waals surface area contributed by atoms with Gasteiger partial charge in [0.2, 0.25) is 5.79 Å². The fourth-order valence-electron chi connectivity index (χ4n) is 3.89. The molecule has 0 saturated carbocycles. The number of hydrogen-bond donors (Lipinski definition) is 1. The zero-order chi connectivity index (χ0) is 18.3. The van der Waals surface area contributed by atoms with Crippen LogP contribution in [-0.4, -0.2) is 12.2 Å². The van der Waals surface area contributed by atoms with Gasteiger partial charge in [0.25, 0.3) is 0 Å². The molecule has 0 aliphatic heterocycles. The molecule has 1 N–H and O–H groups in total. The first-order valence-electron chi connectivity index (χ1n) is 8.81. The number of ether oxygens (including phenoxy) is 1. The Kier molecular flexibility index (Phi) is 4.03. The monoisotopic (exact) mass is 342 g/mol. The van der Waals surface area contributed by atoms with Gasteiger partial charge in [-0.3, -0.25) is 0 Å². The molecule has 2 nitrogen and oxygen atoms in total. The van der Waals surface area contributed by atoms with Crippen molar-refractivity contribution in [2.24, 2.45) is 0 Å². The molecule has 4 aromatic carbocycles. The van der Waals surface area contributed by atoms with Crippen molar-refractivity contribution in [1.82, 2.24) is 0 Å². The predicted octanol–water partition coefficient (Wildman–Crippen LogP) is 5.45. The van der Waals surface area contributed by atoms with Gasteiger partial charge >= 0.3 is 0 Å². The lowest BCUT2D eigenvalue weighted by atomic mass is 9.87. The van der Waals surface area contributed by atoms with Crippen LogP contribution < -0.4 is 0 Å². The minimum atomic E-state index is -1.51. The largest absolute Gasteiger partial charge is 0.358 e. The van der Waals surface area contributed by atoms with Crippen molar-refractivity contribution in [2.45, 2.75) is 19.6 Å². The molecule has 0 heterocycles. The quantitative estimate of drug-likeness (QED) is 0.502. The molecule has 1 unspecified atom stereocenters. The van der Waals surface area contributed by atoms with E-state index in [9.17, 15) is 5.11 Å². The van der Waals surface area contributed by atoms with Crippen LogP contribution in [0, 0.1) is 13.8 Å². The Hall–Kier alpha value is -2.68. The SMILES string of the molecule is COC(O)(c1cc(C)c2ccccc2c1)c1c(C)ccc2ccccc12. The van der Waals surface area contributed by atoms with Crippen molar-refractivity contribution in [1.29, 1.82) is 0 Å². The molecule has 4 rings (SSSR count). The molecule has 0 saturated heterocycles. The first-order chi connectivity index (χ1) is 12.5. The lowest BCUT2D eigenvalue weighted by molar-refractivity contribution is -0.159. The molecule has 0 spiro atoms. The zero-order valence-corrected chi connectivity index (χ0v) is 15.3. The highest BCUT2D eigenvalue weighted by molar-refractivity contribution is 5.89. The average Bonchev–Trinajstić information content (AvgIpc) is 2.67. The zero-order valence-electron chi connectivity index (χ0n) is 15.3. The molecule has 0 aliphatic rings. The number of methoxy groups -OCH3 is 1. The third-order valence-corrected chi connectivity index (χ3v) is 5.23. The summed E-state index contributed by atoms with van der Waals surface area (Å²) in [4.78, 5) is 0. The van der Waals surface area contributed by atoms with E-state index in [1.165, 1.54) is 5.39 Å². The highest BCUT2D eigenvalue weighted by atomic mass is 16.6. The predicted molar refractivity (Wildman–Crippen MR) is 107 cm³/mol. The Morgan fingerprint density at radius 2 is 1.38 bits per heavy atom.